The van der Waals surface area contributed by atoms with Crippen molar-refractivity contribution in [2.45, 2.75) is 29.8 Å². The molecule has 1 aliphatic carbocycles. The van der Waals surface area contributed by atoms with Gasteiger partial charge in [-0.1, -0.05) is 12.1 Å². The summed E-state index contributed by atoms with van der Waals surface area (Å²) in [5, 5.41) is 9.48. The number of rotatable bonds is 2. The second-order valence-corrected chi connectivity index (χ2v) is 4.40. The molecule has 1 aliphatic rings. The lowest BCUT2D eigenvalue weighted by molar-refractivity contribution is 0.0661. The van der Waals surface area contributed by atoms with Gasteiger partial charge in [0.2, 0.25) is 0 Å². The number of hydrogen-bond donors (Lipinski definition) is 1. The Bertz CT molecular complexity index is 281. The van der Waals surface area contributed by atoms with Crippen LogP contribution in [0.4, 0.5) is 0 Å². The Kier molecular flexibility index (Phi) is 2.61. The Morgan fingerprint density at radius 3 is 2.31 bits per heavy atom. The maximum absolute atomic E-state index is 9.48. The second-order valence-electron chi connectivity index (χ2n) is 3.52. The second kappa shape index (κ2) is 3.72. The lowest BCUT2D eigenvalue weighted by Gasteiger charge is -2.32. The van der Waals surface area contributed by atoms with Crippen molar-refractivity contribution in [3.05, 3.63) is 29.8 Å². The standard InChI is InChI=1S/C11H14OS/c1-13-9-4-2-8(3-5-9)10-6-7-11(10)12/h2-5,10-12H,6-7H2,1H3. The van der Waals surface area contributed by atoms with E-state index in [1.54, 1.807) is 11.8 Å². The number of aliphatic hydroxyl groups is 1. The zero-order chi connectivity index (χ0) is 9.26. The van der Waals surface area contributed by atoms with Crippen LogP contribution in [0.5, 0.6) is 0 Å². The third kappa shape index (κ3) is 1.74. The van der Waals surface area contributed by atoms with Gasteiger partial charge in [-0.15, -0.1) is 11.8 Å². The molecule has 0 spiro atoms. The van der Waals surface area contributed by atoms with E-state index in [4.69, 9.17) is 0 Å². The topological polar surface area (TPSA) is 20.2 Å². The number of hydrogen-bond acceptors (Lipinski definition) is 2. The summed E-state index contributed by atoms with van der Waals surface area (Å²) in [6, 6.07) is 8.54. The lowest BCUT2D eigenvalue weighted by Crippen LogP contribution is -2.28. The van der Waals surface area contributed by atoms with Crippen molar-refractivity contribution in [1.29, 1.82) is 0 Å². The van der Waals surface area contributed by atoms with Crippen LogP contribution >= 0.6 is 11.8 Å². The summed E-state index contributed by atoms with van der Waals surface area (Å²) in [5.74, 6) is 0.399. The van der Waals surface area contributed by atoms with Gasteiger partial charge in [-0.05, 0) is 36.8 Å². The smallest absolute Gasteiger partial charge is 0.0609 e. The highest BCUT2D eigenvalue weighted by molar-refractivity contribution is 7.98. The predicted molar refractivity (Wildman–Crippen MR) is 56.2 cm³/mol. The maximum Gasteiger partial charge on any atom is 0.0609 e. The fourth-order valence-corrected chi connectivity index (χ4v) is 2.13. The summed E-state index contributed by atoms with van der Waals surface area (Å²) < 4.78 is 0. The van der Waals surface area contributed by atoms with Crippen molar-refractivity contribution in [1.82, 2.24) is 0 Å². The fourth-order valence-electron chi connectivity index (χ4n) is 1.72. The molecule has 1 nitrogen and oxygen atoms in total. The molecule has 70 valence electrons. The van der Waals surface area contributed by atoms with Gasteiger partial charge in [-0.3, -0.25) is 0 Å². The molecule has 2 unspecified atom stereocenters. The fraction of sp³-hybridized carbons (Fsp3) is 0.455. The minimum Gasteiger partial charge on any atom is -0.392 e. The van der Waals surface area contributed by atoms with Crippen LogP contribution in [0.3, 0.4) is 0 Å². The first-order valence-electron chi connectivity index (χ1n) is 4.63. The highest BCUT2D eigenvalue weighted by Gasteiger charge is 2.29. The van der Waals surface area contributed by atoms with Crippen LogP contribution in [-0.2, 0) is 0 Å². The number of benzene rings is 1. The van der Waals surface area contributed by atoms with Gasteiger partial charge >= 0.3 is 0 Å². The van der Waals surface area contributed by atoms with Crippen LogP contribution in [0, 0.1) is 0 Å². The van der Waals surface area contributed by atoms with Gasteiger partial charge in [0.05, 0.1) is 6.10 Å². The van der Waals surface area contributed by atoms with Gasteiger partial charge in [0.15, 0.2) is 0 Å². The SMILES string of the molecule is CSc1ccc(C2CCC2O)cc1. The first-order chi connectivity index (χ1) is 6.31. The summed E-state index contributed by atoms with van der Waals surface area (Å²) in [6.07, 6.45) is 4.09. The van der Waals surface area contributed by atoms with E-state index in [1.165, 1.54) is 10.5 Å². The molecule has 1 N–H and O–H groups in total. The summed E-state index contributed by atoms with van der Waals surface area (Å²) in [6.45, 7) is 0. The average molecular weight is 194 g/mol. The molecular weight excluding hydrogens is 180 g/mol. The third-order valence-electron chi connectivity index (χ3n) is 2.78. The molecule has 0 amide bonds. The molecule has 1 aromatic rings. The molecule has 0 aliphatic heterocycles. The van der Waals surface area contributed by atoms with Gasteiger partial charge < -0.3 is 5.11 Å². The van der Waals surface area contributed by atoms with Gasteiger partial charge in [-0.25, -0.2) is 0 Å². The summed E-state index contributed by atoms with van der Waals surface area (Å²) in [4.78, 5) is 1.29. The van der Waals surface area contributed by atoms with Crippen molar-refractivity contribution in [3.8, 4) is 0 Å². The summed E-state index contributed by atoms with van der Waals surface area (Å²) in [7, 11) is 0. The molecule has 2 rings (SSSR count). The molecule has 1 fully saturated rings. The minimum atomic E-state index is -0.0971. The van der Waals surface area contributed by atoms with Gasteiger partial charge in [0.1, 0.15) is 0 Å². The highest BCUT2D eigenvalue weighted by atomic mass is 32.2. The normalized spacial score (nSPS) is 26.9. The molecule has 2 heteroatoms. The molecule has 1 saturated carbocycles. The average Bonchev–Trinajstić information content (AvgIpc) is 2.17. The predicted octanol–water partition coefficient (Wildman–Crippen LogP) is 2.65. The molecule has 2 atom stereocenters. The van der Waals surface area contributed by atoms with E-state index in [9.17, 15) is 5.11 Å². The van der Waals surface area contributed by atoms with Crippen LogP contribution in [0.1, 0.15) is 24.3 Å². The van der Waals surface area contributed by atoms with Crippen molar-refractivity contribution < 1.29 is 5.11 Å². The van der Waals surface area contributed by atoms with Crippen LogP contribution in [0.15, 0.2) is 29.2 Å². The Morgan fingerprint density at radius 2 is 1.92 bits per heavy atom. The zero-order valence-electron chi connectivity index (χ0n) is 7.73. The van der Waals surface area contributed by atoms with Crippen molar-refractivity contribution in [2.75, 3.05) is 6.26 Å². The van der Waals surface area contributed by atoms with E-state index in [0.717, 1.165) is 12.8 Å². The van der Waals surface area contributed by atoms with E-state index >= 15 is 0 Å². The molecule has 1 aromatic carbocycles. The first-order valence-corrected chi connectivity index (χ1v) is 5.86. The van der Waals surface area contributed by atoms with Gasteiger partial charge in [0, 0.05) is 10.8 Å². The number of thioether (sulfide) groups is 1. The molecule has 0 aromatic heterocycles. The first kappa shape index (κ1) is 9.10. The Balaban J connectivity index is 2.13. The van der Waals surface area contributed by atoms with Crippen molar-refractivity contribution in [3.63, 3.8) is 0 Å². The quantitative estimate of drug-likeness (QED) is 0.730. The zero-order valence-corrected chi connectivity index (χ0v) is 8.55. The third-order valence-corrected chi connectivity index (χ3v) is 3.53. The lowest BCUT2D eigenvalue weighted by atomic mass is 9.77. The molecule has 0 bridgehead atoms. The Labute approximate surface area is 83.2 Å². The summed E-state index contributed by atoms with van der Waals surface area (Å²) in [5.41, 5.74) is 1.29. The maximum atomic E-state index is 9.48. The van der Waals surface area contributed by atoms with Crippen molar-refractivity contribution >= 4 is 11.8 Å². The number of aliphatic hydroxyl groups excluding tert-OH is 1. The van der Waals surface area contributed by atoms with Gasteiger partial charge in [0.25, 0.3) is 0 Å². The van der Waals surface area contributed by atoms with E-state index in [-0.39, 0.29) is 6.10 Å². The highest BCUT2D eigenvalue weighted by Crippen LogP contribution is 2.37. The molecule has 0 heterocycles. The summed E-state index contributed by atoms with van der Waals surface area (Å²) >= 11 is 1.75. The largest absolute Gasteiger partial charge is 0.392 e. The molecular formula is C11H14OS. The van der Waals surface area contributed by atoms with E-state index in [0.29, 0.717) is 5.92 Å². The van der Waals surface area contributed by atoms with E-state index in [1.807, 2.05) is 0 Å². The van der Waals surface area contributed by atoms with E-state index in [2.05, 4.69) is 30.5 Å². The van der Waals surface area contributed by atoms with Gasteiger partial charge in [-0.2, -0.15) is 0 Å². The van der Waals surface area contributed by atoms with Crippen LogP contribution < -0.4 is 0 Å². The van der Waals surface area contributed by atoms with Crippen molar-refractivity contribution in [2.24, 2.45) is 0 Å². The van der Waals surface area contributed by atoms with Crippen LogP contribution in [-0.4, -0.2) is 17.5 Å². The Morgan fingerprint density at radius 1 is 1.23 bits per heavy atom. The Hall–Kier alpha value is -0.470. The van der Waals surface area contributed by atoms with Crippen LogP contribution in [0.2, 0.25) is 0 Å². The van der Waals surface area contributed by atoms with Crippen LogP contribution in [0.25, 0.3) is 0 Å². The van der Waals surface area contributed by atoms with E-state index < -0.39 is 0 Å². The minimum absolute atomic E-state index is 0.0971. The molecule has 13 heavy (non-hydrogen) atoms. The monoisotopic (exact) mass is 194 g/mol. The molecule has 0 radical (unpaired) electrons. The molecule has 0 saturated heterocycles.